The molecule has 1 aliphatic rings. The van der Waals surface area contributed by atoms with Crippen LogP contribution in [0.5, 0.6) is 0 Å². The van der Waals surface area contributed by atoms with E-state index in [1.807, 2.05) is 66.7 Å². The number of unbranched alkanes of at least 4 members (excludes halogenated alkanes) is 1. The van der Waals surface area contributed by atoms with Gasteiger partial charge in [0, 0.05) is 6.92 Å². The third-order valence-electron chi connectivity index (χ3n) is 8.50. The second-order valence-corrected chi connectivity index (χ2v) is 18.0. The van der Waals surface area contributed by atoms with Crippen LogP contribution in [0.25, 0.3) is 0 Å². The van der Waals surface area contributed by atoms with Crippen molar-refractivity contribution in [2.24, 2.45) is 0 Å². The van der Waals surface area contributed by atoms with Gasteiger partial charge in [-0.3, -0.25) is 4.79 Å². The Morgan fingerprint density at radius 2 is 1.34 bits per heavy atom. The predicted molar refractivity (Wildman–Crippen MR) is 177 cm³/mol. The van der Waals surface area contributed by atoms with Gasteiger partial charge in [-0.2, -0.15) is 0 Å². The molecule has 0 amide bonds. The molecule has 244 valence electrons. The number of ether oxygens (including phenoxy) is 5. The second-order valence-electron chi connectivity index (χ2n) is 12.6. The van der Waals surface area contributed by atoms with Crippen LogP contribution in [0.1, 0.15) is 72.4 Å². The number of esters is 1. The quantitative estimate of drug-likeness (QED) is 0.0719. The molecule has 0 aromatic heterocycles. The lowest BCUT2D eigenvalue weighted by atomic mass is 9.98. The molecule has 44 heavy (non-hydrogen) atoms. The highest BCUT2D eigenvalue weighted by molar-refractivity contribution is 6.77. The lowest BCUT2D eigenvalue weighted by molar-refractivity contribution is -0.318. The zero-order chi connectivity index (χ0) is 32.1. The predicted octanol–water partition coefficient (Wildman–Crippen LogP) is 7.99. The summed E-state index contributed by atoms with van der Waals surface area (Å²) in [5.74, 6) is -0.436. The third-order valence-corrected chi connectivity index (χ3v) is 14.6. The van der Waals surface area contributed by atoms with Crippen molar-refractivity contribution in [1.82, 2.24) is 0 Å². The number of benzene rings is 2. The summed E-state index contributed by atoms with van der Waals surface area (Å²) in [4.78, 5) is 12.4. The summed E-state index contributed by atoms with van der Waals surface area (Å²) in [5.41, 5.74) is 3.24. The van der Waals surface area contributed by atoms with E-state index in [9.17, 15) is 4.79 Å². The minimum Gasteiger partial charge on any atom is -0.454 e. The molecule has 2 aromatic carbocycles. The zero-order valence-electron chi connectivity index (χ0n) is 27.8. The highest BCUT2D eigenvalue weighted by Gasteiger charge is 2.52. The Kier molecular flexibility index (Phi) is 14.8. The zero-order valence-corrected chi connectivity index (χ0v) is 28.8. The molecular weight excluding hydrogens is 572 g/mol. The summed E-state index contributed by atoms with van der Waals surface area (Å²) < 4.78 is 39.2. The van der Waals surface area contributed by atoms with E-state index in [1.165, 1.54) is 6.92 Å². The molecule has 1 heterocycles. The van der Waals surface area contributed by atoms with E-state index in [0.29, 0.717) is 43.1 Å². The Labute approximate surface area is 266 Å². The van der Waals surface area contributed by atoms with Gasteiger partial charge in [0.05, 0.1) is 26.4 Å². The van der Waals surface area contributed by atoms with Gasteiger partial charge in [-0.05, 0) is 40.6 Å². The Bertz CT molecular complexity index is 1090. The molecule has 0 N–H and O–H groups in total. The highest BCUT2D eigenvalue weighted by atomic mass is 28.4. The fraction of sp³-hybridized carbons (Fsp3) is 0.583. The molecule has 1 aliphatic heterocycles. The fourth-order valence-corrected chi connectivity index (χ4v) is 12.0. The topological polar surface area (TPSA) is 72.5 Å². The van der Waals surface area contributed by atoms with Crippen molar-refractivity contribution in [3.8, 4) is 0 Å². The van der Waals surface area contributed by atoms with Crippen LogP contribution in [0.3, 0.4) is 0 Å². The first-order valence-electron chi connectivity index (χ1n) is 16.1. The molecule has 8 heteroatoms. The van der Waals surface area contributed by atoms with Crippen LogP contribution in [0.2, 0.25) is 16.6 Å². The van der Waals surface area contributed by atoms with Gasteiger partial charge >= 0.3 is 5.97 Å². The van der Waals surface area contributed by atoms with Gasteiger partial charge in [0.25, 0.3) is 0 Å². The Morgan fingerprint density at radius 1 is 0.818 bits per heavy atom. The van der Waals surface area contributed by atoms with Gasteiger partial charge in [0.15, 0.2) is 20.7 Å². The molecule has 7 nitrogen and oxygen atoms in total. The minimum absolute atomic E-state index is 0.313. The van der Waals surface area contributed by atoms with E-state index in [2.05, 4.69) is 48.1 Å². The molecular formula is C36H54O7Si. The molecule has 2 aromatic rings. The number of carbonyl (C=O) groups excluding carboxylic acids is 1. The van der Waals surface area contributed by atoms with Gasteiger partial charge < -0.3 is 28.1 Å². The molecule has 5 atom stereocenters. The average molecular weight is 627 g/mol. The molecule has 1 fully saturated rings. The molecule has 0 saturated carbocycles. The summed E-state index contributed by atoms with van der Waals surface area (Å²) in [6.07, 6.45) is -0.0127. The van der Waals surface area contributed by atoms with E-state index in [0.717, 1.165) is 24.0 Å². The van der Waals surface area contributed by atoms with Crippen LogP contribution in [0.15, 0.2) is 73.3 Å². The first kappa shape index (κ1) is 36.1. The SMILES string of the molecule is C=CCCCOC1OC(CO[Si](C(C)C)(C(C)C)C(C)C)C(OCc2ccccc2)C(OCc2ccccc2)C1OC(C)=O. The van der Waals surface area contributed by atoms with Crippen molar-refractivity contribution < 1.29 is 32.9 Å². The minimum atomic E-state index is -2.24. The average Bonchev–Trinajstić information content (AvgIpc) is 2.99. The van der Waals surface area contributed by atoms with Gasteiger partial charge in [-0.1, -0.05) is 108 Å². The third kappa shape index (κ3) is 9.83. The Hall–Kier alpha value is -2.33. The van der Waals surface area contributed by atoms with Gasteiger partial charge in [-0.25, -0.2) is 0 Å². The van der Waals surface area contributed by atoms with Crippen molar-refractivity contribution in [3.63, 3.8) is 0 Å². The van der Waals surface area contributed by atoms with Crippen LogP contribution >= 0.6 is 0 Å². The van der Waals surface area contributed by atoms with Crippen molar-refractivity contribution in [3.05, 3.63) is 84.4 Å². The summed E-state index contributed by atoms with van der Waals surface area (Å²) in [6.45, 7) is 20.2. The highest BCUT2D eigenvalue weighted by Crippen LogP contribution is 2.43. The van der Waals surface area contributed by atoms with Gasteiger partial charge in [0.2, 0.25) is 0 Å². The van der Waals surface area contributed by atoms with Crippen LogP contribution in [0.4, 0.5) is 0 Å². The van der Waals surface area contributed by atoms with E-state index >= 15 is 0 Å². The van der Waals surface area contributed by atoms with E-state index in [4.69, 9.17) is 28.1 Å². The number of rotatable bonds is 18. The second kappa shape index (κ2) is 18.0. The molecule has 3 rings (SSSR count). The van der Waals surface area contributed by atoms with Crippen LogP contribution in [0, 0.1) is 0 Å². The lowest BCUT2D eigenvalue weighted by Gasteiger charge is -2.48. The monoisotopic (exact) mass is 626 g/mol. The standard InChI is InChI=1S/C36H54O7Si/c1-9-10-17-22-38-36-35(42-29(8)37)34(40-24-31-20-15-12-16-21-31)33(39-23-30-18-13-11-14-19-30)32(43-36)25-41-44(26(2)3,27(4)5)28(6)7/h9,11-16,18-21,26-28,32-36H,1,10,17,22-25H2,2-8H3. The van der Waals surface area contributed by atoms with E-state index < -0.39 is 45.0 Å². The number of carbonyl (C=O) groups is 1. The van der Waals surface area contributed by atoms with E-state index in [-0.39, 0.29) is 0 Å². The normalized spacial score (nSPS) is 22.5. The maximum Gasteiger partial charge on any atom is 0.303 e. The van der Waals surface area contributed by atoms with Crippen LogP contribution in [-0.2, 0) is 46.1 Å². The smallest absolute Gasteiger partial charge is 0.303 e. The summed E-state index contributed by atoms with van der Waals surface area (Å²) in [6, 6.07) is 20.0. The summed E-state index contributed by atoms with van der Waals surface area (Å²) >= 11 is 0. The lowest BCUT2D eigenvalue weighted by Crippen LogP contribution is -2.63. The maximum atomic E-state index is 12.4. The molecule has 0 spiro atoms. The van der Waals surface area contributed by atoms with Crippen molar-refractivity contribution in [2.45, 2.75) is 122 Å². The molecule has 5 unspecified atom stereocenters. The fourth-order valence-electron chi connectivity index (χ4n) is 6.54. The van der Waals surface area contributed by atoms with E-state index in [1.54, 1.807) is 0 Å². The number of hydrogen-bond donors (Lipinski definition) is 0. The Morgan fingerprint density at radius 3 is 1.82 bits per heavy atom. The summed E-state index contributed by atoms with van der Waals surface area (Å²) in [5, 5.41) is 0. The first-order chi connectivity index (χ1) is 21.1. The largest absolute Gasteiger partial charge is 0.454 e. The summed E-state index contributed by atoms with van der Waals surface area (Å²) in [7, 11) is -2.24. The molecule has 0 aliphatic carbocycles. The maximum absolute atomic E-state index is 12.4. The first-order valence-corrected chi connectivity index (χ1v) is 18.2. The van der Waals surface area contributed by atoms with Crippen LogP contribution < -0.4 is 0 Å². The molecule has 1 saturated heterocycles. The van der Waals surface area contributed by atoms with Gasteiger partial charge in [0.1, 0.15) is 18.3 Å². The Balaban J connectivity index is 2.01. The molecule has 0 bridgehead atoms. The van der Waals surface area contributed by atoms with Crippen molar-refractivity contribution >= 4 is 14.3 Å². The van der Waals surface area contributed by atoms with Crippen molar-refractivity contribution in [1.29, 1.82) is 0 Å². The van der Waals surface area contributed by atoms with Crippen LogP contribution in [-0.4, -0.2) is 58.2 Å². The molecule has 0 radical (unpaired) electrons. The number of hydrogen-bond acceptors (Lipinski definition) is 7. The van der Waals surface area contributed by atoms with Gasteiger partial charge in [-0.15, -0.1) is 6.58 Å². The van der Waals surface area contributed by atoms with Crippen molar-refractivity contribution in [2.75, 3.05) is 13.2 Å². The number of allylic oxidation sites excluding steroid dienone is 1.